The molecule has 1 aliphatic rings. The van der Waals surface area contributed by atoms with Gasteiger partial charge in [-0.15, -0.1) is 0 Å². The summed E-state index contributed by atoms with van der Waals surface area (Å²) in [5.74, 6) is -0.225. The van der Waals surface area contributed by atoms with Gasteiger partial charge in [-0.25, -0.2) is 0 Å². The Hall–Kier alpha value is -1.81. The zero-order valence-corrected chi connectivity index (χ0v) is 15.3. The van der Waals surface area contributed by atoms with E-state index in [1.807, 2.05) is 6.07 Å². The third-order valence-electron chi connectivity index (χ3n) is 4.40. The van der Waals surface area contributed by atoms with Gasteiger partial charge in [-0.3, -0.25) is 9.78 Å². The van der Waals surface area contributed by atoms with Crippen molar-refractivity contribution in [1.29, 1.82) is 0 Å². The molecule has 3 nitrogen and oxygen atoms in total. The average molecular weight is 392 g/mol. The van der Waals surface area contributed by atoms with E-state index in [1.54, 1.807) is 30.3 Å². The molecule has 0 saturated carbocycles. The summed E-state index contributed by atoms with van der Waals surface area (Å²) in [7, 11) is 0. The fourth-order valence-electron chi connectivity index (χ4n) is 3.28. The van der Waals surface area contributed by atoms with Crippen LogP contribution >= 0.6 is 34.8 Å². The van der Waals surface area contributed by atoms with E-state index >= 15 is 0 Å². The van der Waals surface area contributed by atoms with E-state index in [1.165, 1.54) is 0 Å². The van der Waals surface area contributed by atoms with Crippen molar-refractivity contribution in [3.8, 4) is 0 Å². The van der Waals surface area contributed by atoms with E-state index in [0.717, 1.165) is 41.4 Å². The minimum absolute atomic E-state index is 0.225. The Morgan fingerprint density at radius 3 is 2.76 bits per heavy atom. The van der Waals surface area contributed by atoms with Gasteiger partial charge in [0.15, 0.2) is 0 Å². The number of rotatable bonds is 2. The molecule has 126 valence electrons. The Morgan fingerprint density at radius 1 is 1.08 bits per heavy atom. The molecule has 1 N–H and O–H groups in total. The van der Waals surface area contributed by atoms with Crippen molar-refractivity contribution in [3.63, 3.8) is 0 Å². The number of amides is 1. The molecule has 0 atom stereocenters. The third kappa shape index (κ3) is 2.97. The van der Waals surface area contributed by atoms with E-state index < -0.39 is 0 Å². The van der Waals surface area contributed by atoms with E-state index in [-0.39, 0.29) is 5.91 Å². The summed E-state index contributed by atoms with van der Waals surface area (Å²) in [6.07, 6.45) is 2.70. The van der Waals surface area contributed by atoms with Crippen LogP contribution in [0.2, 0.25) is 15.1 Å². The molecule has 6 heteroatoms. The molecule has 1 amide bonds. The Balaban J connectivity index is 1.86. The molecule has 0 spiro atoms. The zero-order chi connectivity index (χ0) is 17.6. The number of aromatic nitrogens is 1. The molecule has 0 radical (unpaired) electrons. The van der Waals surface area contributed by atoms with Crippen LogP contribution in [0, 0.1) is 0 Å². The van der Waals surface area contributed by atoms with Gasteiger partial charge in [0, 0.05) is 16.1 Å². The lowest BCUT2D eigenvalue weighted by Crippen LogP contribution is -2.16. The van der Waals surface area contributed by atoms with Gasteiger partial charge < -0.3 is 5.32 Å². The number of anilines is 1. The standard InChI is InChI=1S/C19H13Cl3N2O/c20-10-7-8-15-12(9-10)17(11-3-1-5-14(11)23-15)19(25)24-16-6-2-4-13(21)18(16)22/h2,4,6-9H,1,3,5H2,(H,24,25). The number of hydrogen-bond donors (Lipinski definition) is 1. The Bertz CT molecular complexity index is 1020. The van der Waals surface area contributed by atoms with Gasteiger partial charge in [0.25, 0.3) is 5.91 Å². The number of pyridine rings is 1. The fourth-order valence-corrected chi connectivity index (χ4v) is 3.80. The molecule has 1 aromatic heterocycles. The molecular weight excluding hydrogens is 379 g/mol. The highest BCUT2D eigenvalue weighted by molar-refractivity contribution is 6.44. The zero-order valence-electron chi connectivity index (χ0n) is 13.1. The molecule has 0 saturated heterocycles. The Morgan fingerprint density at radius 2 is 1.92 bits per heavy atom. The number of nitrogens with one attached hydrogen (secondary N) is 1. The molecule has 4 rings (SSSR count). The first-order chi connectivity index (χ1) is 12.0. The monoisotopic (exact) mass is 390 g/mol. The van der Waals surface area contributed by atoms with Crippen LogP contribution < -0.4 is 5.32 Å². The van der Waals surface area contributed by atoms with Crippen LogP contribution in [-0.2, 0) is 12.8 Å². The van der Waals surface area contributed by atoms with Crippen molar-refractivity contribution < 1.29 is 4.79 Å². The van der Waals surface area contributed by atoms with Crippen molar-refractivity contribution in [2.24, 2.45) is 0 Å². The Kier molecular flexibility index (Phi) is 4.32. The van der Waals surface area contributed by atoms with Crippen LogP contribution in [0.5, 0.6) is 0 Å². The van der Waals surface area contributed by atoms with Gasteiger partial charge in [-0.05, 0) is 55.2 Å². The van der Waals surface area contributed by atoms with Crippen LogP contribution in [0.1, 0.15) is 28.0 Å². The van der Waals surface area contributed by atoms with Crippen LogP contribution in [0.15, 0.2) is 36.4 Å². The number of halogens is 3. The van der Waals surface area contributed by atoms with Crippen molar-refractivity contribution >= 4 is 57.3 Å². The second-order valence-electron chi connectivity index (χ2n) is 5.98. The summed E-state index contributed by atoms with van der Waals surface area (Å²) in [6, 6.07) is 10.6. The summed E-state index contributed by atoms with van der Waals surface area (Å²) in [4.78, 5) is 17.8. The summed E-state index contributed by atoms with van der Waals surface area (Å²) in [5.41, 5.74) is 3.85. The average Bonchev–Trinajstić information content (AvgIpc) is 3.04. The second-order valence-corrected chi connectivity index (χ2v) is 7.20. The fraction of sp³-hybridized carbons (Fsp3) is 0.158. The van der Waals surface area contributed by atoms with E-state index in [4.69, 9.17) is 39.8 Å². The summed E-state index contributed by atoms with van der Waals surface area (Å²) in [5, 5.41) is 4.93. The first-order valence-electron chi connectivity index (χ1n) is 7.91. The maximum absolute atomic E-state index is 13.1. The molecule has 1 heterocycles. The van der Waals surface area contributed by atoms with E-state index in [0.29, 0.717) is 26.3 Å². The van der Waals surface area contributed by atoms with Gasteiger partial charge >= 0.3 is 0 Å². The van der Waals surface area contributed by atoms with Crippen molar-refractivity contribution in [2.45, 2.75) is 19.3 Å². The molecule has 25 heavy (non-hydrogen) atoms. The molecule has 0 aliphatic heterocycles. The van der Waals surface area contributed by atoms with Crippen LogP contribution in [0.3, 0.4) is 0 Å². The number of fused-ring (bicyclic) bond motifs is 2. The smallest absolute Gasteiger partial charge is 0.256 e. The van der Waals surface area contributed by atoms with Gasteiger partial charge in [-0.2, -0.15) is 0 Å². The highest BCUT2D eigenvalue weighted by Gasteiger charge is 2.24. The van der Waals surface area contributed by atoms with Gasteiger partial charge in [-0.1, -0.05) is 40.9 Å². The molecule has 0 fully saturated rings. The summed E-state index contributed by atoms with van der Waals surface area (Å²) >= 11 is 18.4. The molecule has 2 aromatic carbocycles. The summed E-state index contributed by atoms with van der Waals surface area (Å²) in [6.45, 7) is 0. The SMILES string of the molecule is O=C(Nc1cccc(Cl)c1Cl)c1c2c(nc3ccc(Cl)cc13)CCC2. The lowest BCUT2D eigenvalue weighted by atomic mass is 10.0. The Labute approximate surface area is 159 Å². The highest BCUT2D eigenvalue weighted by Crippen LogP contribution is 2.34. The van der Waals surface area contributed by atoms with Gasteiger partial charge in [0.1, 0.15) is 0 Å². The van der Waals surface area contributed by atoms with Crippen molar-refractivity contribution in [1.82, 2.24) is 4.98 Å². The third-order valence-corrected chi connectivity index (χ3v) is 5.45. The lowest BCUT2D eigenvalue weighted by Gasteiger charge is -2.14. The van der Waals surface area contributed by atoms with Crippen LogP contribution in [-0.4, -0.2) is 10.9 Å². The minimum atomic E-state index is -0.225. The van der Waals surface area contributed by atoms with Crippen molar-refractivity contribution in [3.05, 3.63) is 68.3 Å². The number of carbonyl (C=O) groups is 1. The molecular formula is C19H13Cl3N2O. The van der Waals surface area contributed by atoms with Crippen LogP contribution in [0.25, 0.3) is 10.9 Å². The minimum Gasteiger partial charge on any atom is -0.321 e. The van der Waals surface area contributed by atoms with E-state index in [9.17, 15) is 4.79 Å². The highest BCUT2D eigenvalue weighted by atomic mass is 35.5. The van der Waals surface area contributed by atoms with Gasteiger partial charge in [0.05, 0.1) is 26.8 Å². The molecule has 3 aromatic rings. The number of nitrogens with zero attached hydrogens (tertiary/aromatic N) is 1. The normalized spacial score (nSPS) is 13.1. The number of aryl methyl sites for hydroxylation is 1. The maximum atomic E-state index is 13.1. The van der Waals surface area contributed by atoms with Crippen LogP contribution in [0.4, 0.5) is 5.69 Å². The van der Waals surface area contributed by atoms with Crippen molar-refractivity contribution in [2.75, 3.05) is 5.32 Å². The first kappa shape index (κ1) is 16.6. The second kappa shape index (κ2) is 6.49. The quantitative estimate of drug-likeness (QED) is 0.587. The molecule has 0 unspecified atom stereocenters. The molecule has 1 aliphatic carbocycles. The topological polar surface area (TPSA) is 42.0 Å². The first-order valence-corrected chi connectivity index (χ1v) is 9.04. The van der Waals surface area contributed by atoms with Gasteiger partial charge in [0.2, 0.25) is 0 Å². The number of carbonyl (C=O) groups excluding carboxylic acids is 1. The summed E-state index contributed by atoms with van der Waals surface area (Å²) < 4.78 is 0. The number of hydrogen-bond acceptors (Lipinski definition) is 2. The predicted octanol–water partition coefficient (Wildman–Crippen LogP) is 5.94. The largest absolute Gasteiger partial charge is 0.321 e. The maximum Gasteiger partial charge on any atom is 0.256 e. The van der Waals surface area contributed by atoms with E-state index in [2.05, 4.69) is 5.32 Å². The molecule has 0 bridgehead atoms. The number of benzene rings is 2. The predicted molar refractivity (Wildman–Crippen MR) is 103 cm³/mol. The lowest BCUT2D eigenvalue weighted by molar-refractivity contribution is 0.102.